The molecule has 5 nitrogen and oxygen atoms in total. The van der Waals surface area contributed by atoms with Gasteiger partial charge < -0.3 is 10.2 Å². The van der Waals surface area contributed by atoms with Gasteiger partial charge in [0.25, 0.3) is 0 Å². The van der Waals surface area contributed by atoms with Gasteiger partial charge in [-0.05, 0) is 70.9 Å². The predicted octanol–water partition coefficient (Wildman–Crippen LogP) is 3.37. The molecule has 1 aliphatic rings. The lowest BCUT2D eigenvalue weighted by Gasteiger charge is -2.16. The minimum Gasteiger partial charge on any atom is -0.349 e. The van der Waals surface area contributed by atoms with E-state index < -0.39 is 0 Å². The Labute approximate surface area is 154 Å². The Bertz CT molecular complexity index is 752. The molecule has 1 aliphatic heterocycles. The summed E-state index contributed by atoms with van der Waals surface area (Å²) in [6.45, 7) is 7.22. The maximum atomic E-state index is 13.5. The average Bonchev–Trinajstić information content (AvgIpc) is 3.24. The topological polar surface area (TPSA) is 50.2 Å². The van der Waals surface area contributed by atoms with E-state index in [-0.39, 0.29) is 17.8 Å². The van der Waals surface area contributed by atoms with Crippen molar-refractivity contribution < 1.29 is 9.18 Å². The van der Waals surface area contributed by atoms with Crippen molar-refractivity contribution in [2.45, 2.75) is 45.6 Å². The number of amides is 1. The average molecular weight is 358 g/mol. The number of carbonyl (C=O) groups excluding carboxylic acids is 1. The maximum absolute atomic E-state index is 13.5. The summed E-state index contributed by atoms with van der Waals surface area (Å²) in [5.41, 5.74) is 2.53. The van der Waals surface area contributed by atoms with E-state index in [1.807, 2.05) is 19.9 Å². The van der Waals surface area contributed by atoms with E-state index >= 15 is 0 Å². The molecule has 26 heavy (non-hydrogen) atoms. The van der Waals surface area contributed by atoms with Crippen molar-refractivity contribution in [3.8, 4) is 5.69 Å². The van der Waals surface area contributed by atoms with Crippen molar-refractivity contribution in [2.75, 3.05) is 19.6 Å². The van der Waals surface area contributed by atoms with Crippen LogP contribution in [-0.4, -0.2) is 40.2 Å². The van der Waals surface area contributed by atoms with Crippen LogP contribution in [0, 0.1) is 12.7 Å². The first kappa shape index (κ1) is 18.6. The van der Waals surface area contributed by atoms with Crippen LogP contribution in [0.4, 0.5) is 4.39 Å². The second-order valence-corrected chi connectivity index (χ2v) is 7.02. The molecule has 0 bridgehead atoms. The normalized spacial score (nSPS) is 16.0. The van der Waals surface area contributed by atoms with Crippen LogP contribution in [-0.2, 0) is 4.79 Å². The highest BCUT2D eigenvalue weighted by atomic mass is 19.1. The molecule has 0 aliphatic carbocycles. The number of halogens is 1. The third kappa shape index (κ3) is 4.49. The molecular formula is C20H27FN4O. The van der Waals surface area contributed by atoms with Gasteiger partial charge in [-0.2, -0.15) is 5.10 Å². The highest BCUT2D eigenvalue weighted by Crippen LogP contribution is 2.20. The van der Waals surface area contributed by atoms with Crippen molar-refractivity contribution in [2.24, 2.45) is 0 Å². The highest BCUT2D eigenvalue weighted by Gasteiger charge is 2.17. The van der Waals surface area contributed by atoms with E-state index in [9.17, 15) is 9.18 Å². The lowest BCUT2D eigenvalue weighted by Crippen LogP contribution is -2.28. The summed E-state index contributed by atoms with van der Waals surface area (Å²) >= 11 is 0. The van der Waals surface area contributed by atoms with Gasteiger partial charge in [0.1, 0.15) is 5.82 Å². The Kier molecular flexibility index (Phi) is 6.04. The summed E-state index contributed by atoms with van der Waals surface area (Å²) in [7, 11) is 0. The lowest BCUT2D eigenvalue weighted by molar-refractivity contribution is -0.121. The molecule has 1 saturated heterocycles. The standard InChI is InChI=1S/C20H27FN4O/c1-15(23-20(26)9-6-12-24-10-3-4-11-24)19-14-22-25(16(19)2)18-8-5-7-17(21)13-18/h5,7-8,13-15H,3-4,6,9-12H2,1-2H3,(H,23,26)/t15-/m0/s1. The molecule has 1 atom stereocenters. The number of hydrogen-bond acceptors (Lipinski definition) is 3. The first-order valence-electron chi connectivity index (χ1n) is 9.37. The number of likely N-dealkylation sites (tertiary alicyclic amines) is 1. The fourth-order valence-electron chi connectivity index (χ4n) is 3.58. The summed E-state index contributed by atoms with van der Waals surface area (Å²) in [5.74, 6) is -0.229. The van der Waals surface area contributed by atoms with Gasteiger partial charge in [-0.1, -0.05) is 6.07 Å². The zero-order valence-electron chi connectivity index (χ0n) is 15.5. The summed E-state index contributed by atoms with van der Waals surface area (Å²) in [5, 5.41) is 7.42. The van der Waals surface area contributed by atoms with Crippen LogP contribution in [0.25, 0.3) is 5.69 Å². The number of benzene rings is 1. The Balaban J connectivity index is 1.56. The van der Waals surface area contributed by atoms with E-state index in [0.29, 0.717) is 12.1 Å². The molecule has 2 heterocycles. The van der Waals surface area contributed by atoms with Crippen molar-refractivity contribution >= 4 is 5.91 Å². The summed E-state index contributed by atoms with van der Waals surface area (Å²) in [6.07, 6.45) is 5.73. The van der Waals surface area contributed by atoms with Crippen molar-refractivity contribution in [1.82, 2.24) is 20.0 Å². The quantitative estimate of drug-likeness (QED) is 0.826. The molecule has 0 saturated carbocycles. The SMILES string of the molecule is Cc1c([C@H](C)NC(=O)CCCN2CCCC2)cnn1-c1cccc(F)c1. The van der Waals surface area contributed by atoms with Crippen LogP contribution in [0.15, 0.2) is 30.5 Å². The molecule has 1 aromatic heterocycles. The van der Waals surface area contributed by atoms with E-state index in [0.717, 1.165) is 37.3 Å². The molecule has 1 fully saturated rings. The summed E-state index contributed by atoms with van der Waals surface area (Å²) < 4.78 is 15.2. The largest absolute Gasteiger partial charge is 0.349 e. The molecule has 140 valence electrons. The van der Waals surface area contributed by atoms with Gasteiger partial charge in [-0.3, -0.25) is 4.79 Å². The minimum atomic E-state index is -0.293. The van der Waals surface area contributed by atoms with Gasteiger partial charge in [-0.15, -0.1) is 0 Å². The first-order chi connectivity index (χ1) is 12.5. The molecule has 1 amide bonds. The van der Waals surface area contributed by atoms with E-state index in [1.54, 1.807) is 16.9 Å². The molecule has 0 radical (unpaired) electrons. The van der Waals surface area contributed by atoms with Gasteiger partial charge in [0.15, 0.2) is 0 Å². The van der Waals surface area contributed by atoms with E-state index in [1.165, 1.54) is 25.0 Å². The third-order valence-electron chi connectivity index (χ3n) is 5.02. The van der Waals surface area contributed by atoms with Crippen LogP contribution in [0.2, 0.25) is 0 Å². The van der Waals surface area contributed by atoms with E-state index in [2.05, 4.69) is 15.3 Å². The van der Waals surface area contributed by atoms with Crippen molar-refractivity contribution in [1.29, 1.82) is 0 Å². The number of rotatable bonds is 7. The van der Waals surface area contributed by atoms with Crippen LogP contribution < -0.4 is 5.32 Å². The predicted molar refractivity (Wildman–Crippen MR) is 99.7 cm³/mol. The Morgan fingerprint density at radius 1 is 1.35 bits per heavy atom. The zero-order chi connectivity index (χ0) is 18.5. The van der Waals surface area contributed by atoms with Gasteiger partial charge in [0, 0.05) is 17.7 Å². The monoisotopic (exact) mass is 358 g/mol. The number of aromatic nitrogens is 2. The second-order valence-electron chi connectivity index (χ2n) is 7.02. The van der Waals surface area contributed by atoms with Crippen LogP contribution in [0.5, 0.6) is 0 Å². The fourth-order valence-corrected chi connectivity index (χ4v) is 3.58. The fraction of sp³-hybridized carbons (Fsp3) is 0.500. The molecule has 0 unspecified atom stereocenters. The molecule has 2 aromatic rings. The maximum Gasteiger partial charge on any atom is 0.220 e. The molecule has 1 aromatic carbocycles. The highest BCUT2D eigenvalue weighted by molar-refractivity contribution is 5.76. The van der Waals surface area contributed by atoms with E-state index in [4.69, 9.17) is 0 Å². The van der Waals surface area contributed by atoms with Crippen LogP contribution in [0.3, 0.4) is 0 Å². The van der Waals surface area contributed by atoms with Gasteiger partial charge in [-0.25, -0.2) is 9.07 Å². The minimum absolute atomic E-state index is 0.0644. The number of nitrogens with zero attached hydrogens (tertiary/aromatic N) is 3. The van der Waals surface area contributed by atoms with Crippen molar-refractivity contribution in [3.05, 3.63) is 47.5 Å². The third-order valence-corrected chi connectivity index (χ3v) is 5.02. The lowest BCUT2D eigenvalue weighted by atomic mass is 10.1. The molecule has 1 N–H and O–H groups in total. The Morgan fingerprint density at radius 2 is 2.12 bits per heavy atom. The van der Waals surface area contributed by atoms with Crippen LogP contribution in [0.1, 0.15) is 49.9 Å². The van der Waals surface area contributed by atoms with Gasteiger partial charge >= 0.3 is 0 Å². The van der Waals surface area contributed by atoms with Crippen LogP contribution >= 0.6 is 0 Å². The number of carbonyl (C=O) groups is 1. The molecular weight excluding hydrogens is 331 g/mol. The smallest absolute Gasteiger partial charge is 0.220 e. The number of nitrogens with one attached hydrogen (secondary N) is 1. The second kappa shape index (κ2) is 8.45. The summed E-state index contributed by atoms with van der Waals surface area (Å²) in [4.78, 5) is 14.6. The zero-order valence-corrected chi connectivity index (χ0v) is 15.5. The molecule has 3 rings (SSSR count). The van der Waals surface area contributed by atoms with Gasteiger partial charge in [0.05, 0.1) is 17.9 Å². The Morgan fingerprint density at radius 3 is 2.85 bits per heavy atom. The van der Waals surface area contributed by atoms with Crippen molar-refractivity contribution in [3.63, 3.8) is 0 Å². The molecule has 0 spiro atoms. The molecule has 6 heteroatoms. The Hall–Kier alpha value is -2.21. The first-order valence-corrected chi connectivity index (χ1v) is 9.37. The summed E-state index contributed by atoms with van der Waals surface area (Å²) in [6, 6.07) is 6.21. The number of hydrogen-bond donors (Lipinski definition) is 1. The van der Waals surface area contributed by atoms with Gasteiger partial charge in [0.2, 0.25) is 5.91 Å².